The van der Waals surface area contributed by atoms with E-state index in [1.807, 2.05) is 4.90 Å². The van der Waals surface area contributed by atoms with Crippen LogP contribution >= 0.6 is 0 Å². The highest BCUT2D eigenvalue weighted by molar-refractivity contribution is 5.81. The summed E-state index contributed by atoms with van der Waals surface area (Å²) in [5.41, 5.74) is -0.158. The third-order valence-corrected chi connectivity index (χ3v) is 4.34. The van der Waals surface area contributed by atoms with E-state index < -0.39 is 0 Å². The Morgan fingerprint density at radius 2 is 2.39 bits per heavy atom. The van der Waals surface area contributed by atoms with Crippen molar-refractivity contribution in [1.82, 2.24) is 4.90 Å². The van der Waals surface area contributed by atoms with Crippen LogP contribution in [0.5, 0.6) is 0 Å². The molecule has 1 spiro atoms. The van der Waals surface area contributed by atoms with Gasteiger partial charge in [-0.25, -0.2) is 0 Å². The van der Waals surface area contributed by atoms with Crippen molar-refractivity contribution in [3.8, 4) is 0 Å². The molecule has 0 aliphatic carbocycles. The van der Waals surface area contributed by atoms with E-state index in [1.165, 1.54) is 0 Å². The lowest BCUT2D eigenvalue weighted by molar-refractivity contribution is -0.140. The van der Waals surface area contributed by atoms with Crippen molar-refractivity contribution in [2.75, 3.05) is 33.4 Å². The molecule has 3 saturated heterocycles. The van der Waals surface area contributed by atoms with Crippen molar-refractivity contribution in [1.29, 1.82) is 0 Å². The summed E-state index contributed by atoms with van der Waals surface area (Å²) in [5.74, 6) is 0.147. The van der Waals surface area contributed by atoms with Gasteiger partial charge in [-0.1, -0.05) is 0 Å². The van der Waals surface area contributed by atoms with Crippen LogP contribution in [0.4, 0.5) is 0 Å². The molecule has 3 atom stereocenters. The molecule has 0 aromatic heterocycles. The highest BCUT2D eigenvalue weighted by Crippen LogP contribution is 2.36. The standard InChI is InChI=1S/C13H21NO4/c1-16-10-7-13(18-8-10)4-5-14(9-13)12(15)11-3-2-6-17-11/h10-11H,2-9H2,1H3/t10-,11+,13-/m0/s1. The molecule has 0 radical (unpaired) electrons. The summed E-state index contributed by atoms with van der Waals surface area (Å²) in [6.07, 6.45) is 3.66. The maximum atomic E-state index is 12.3. The predicted molar refractivity (Wildman–Crippen MR) is 64.3 cm³/mol. The number of hydrogen-bond donors (Lipinski definition) is 0. The summed E-state index contributed by atoms with van der Waals surface area (Å²) >= 11 is 0. The van der Waals surface area contributed by atoms with Crippen molar-refractivity contribution in [2.24, 2.45) is 0 Å². The van der Waals surface area contributed by atoms with E-state index in [-0.39, 0.29) is 23.7 Å². The number of methoxy groups -OCH3 is 1. The lowest BCUT2D eigenvalue weighted by atomic mass is 9.98. The molecule has 5 heteroatoms. The minimum Gasteiger partial charge on any atom is -0.379 e. The van der Waals surface area contributed by atoms with Crippen LogP contribution < -0.4 is 0 Å². The summed E-state index contributed by atoms with van der Waals surface area (Å²) in [5, 5.41) is 0. The fourth-order valence-corrected chi connectivity index (χ4v) is 3.25. The summed E-state index contributed by atoms with van der Waals surface area (Å²) in [6, 6.07) is 0. The number of carbonyl (C=O) groups is 1. The normalized spacial score (nSPS) is 39.9. The molecule has 0 aromatic carbocycles. The van der Waals surface area contributed by atoms with Crippen LogP contribution in [0.3, 0.4) is 0 Å². The number of ether oxygens (including phenoxy) is 3. The molecule has 0 N–H and O–H groups in total. The van der Waals surface area contributed by atoms with E-state index in [9.17, 15) is 4.79 Å². The van der Waals surface area contributed by atoms with Gasteiger partial charge in [0.15, 0.2) is 0 Å². The molecule has 5 nitrogen and oxygen atoms in total. The van der Waals surface area contributed by atoms with Crippen molar-refractivity contribution >= 4 is 5.91 Å². The van der Waals surface area contributed by atoms with Gasteiger partial charge in [-0.3, -0.25) is 4.79 Å². The van der Waals surface area contributed by atoms with Crippen LogP contribution in [0.25, 0.3) is 0 Å². The molecule has 18 heavy (non-hydrogen) atoms. The Kier molecular flexibility index (Phi) is 3.30. The van der Waals surface area contributed by atoms with Crippen molar-refractivity contribution in [3.63, 3.8) is 0 Å². The Morgan fingerprint density at radius 1 is 1.50 bits per heavy atom. The van der Waals surface area contributed by atoms with E-state index in [1.54, 1.807) is 7.11 Å². The van der Waals surface area contributed by atoms with Gasteiger partial charge in [0.25, 0.3) is 5.91 Å². The molecular formula is C13H21NO4. The smallest absolute Gasteiger partial charge is 0.251 e. The Balaban J connectivity index is 1.59. The van der Waals surface area contributed by atoms with Gasteiger partial charge < -0.3 is 19.1 Å². The minimum atomic E-state index is -0.209. The molecule has 0 unspecified atom stereocenters. The fourth-order valence-electron chi connectivity index (χ4n) is 3.25. The topological polar surface area (TPSA) is 48.0 Å². The molecular weight excluding hydrogens is 234 g/mol. The van der Waals surface area contributed by atoms with Crippen LogP contribution in [-0.2, 0) is 19.0 Å². The van der Waals surface area contributed by atoms with E-state index in [4.69, 9.17) is 14.2 Å². The molecule has 102 valence electrons. The van der Waals surface area contributed by atoms with Crippen LogP contribution in [0.1, 0.15) is 25.7 Å². The molecule has 0 saturated carbocycles. The Bertz CT molecular complexity index is 329. The minimum absolute atomic E-state index is 0.147. The van der Waals surface area contributed by atoms with Crippen molar-refractivity contribution in [2.45, 2.75) is 43.5 Å². The second-order valence-corrected chi connectivity index (χ2v) is 5.57. The Hall–Kier alpha value is -0.650. The molecule has 3 fully saturated rings. The number of likely N-dealkylation sites (tertiary alicyclic amines) is 1. The highest BCUT2D eigenvalue weighted by Gasteiger charge is 2.47. The van der Waals surface area contributed by atoms with Crippen molar-refractivity contribution in [3.05, 3.63) is 0 Å². The van der Waals surface area contributed by atoms with Gasteiger partial charge in [-0.05, 0) is 19.3 Å². The molecule has 3 heterocycles. The summed E-state index contributed by atoms with van der Waals surface area (Å²) in [6.45, 7) is 2.86. The lowest BCUT2D eigenvalue weighted by Crippen LogP contribution is -2.40. The fraction of sp³-hybridized carbons (Fsp3) is 0.923. The van der Waals surface area contributed by atoms with Gasteiger partial charge in [-0.15, -0.1) is 0 Å². The van der Waals surface area contributed by atoms with Gasteiger partial charge in [0, 0.05) is 33.2 Å². The molecule has 3 aliphatic heterocycles. The van der Waals surface area contributed by atoms with E-state index in [0.29, 0.717) is 13.2 Å². The first-order chi connectivity index (χ1) is 8.72. The van der Waals surface area contributed by atoms with Gasteiger partial charge >= 0.3 is 0 Å². The zero-order valence-electron chi connectivity index (χ0n) is 10.9. The molecule has 3 aliphatic rings. The van der Waals surface area contributed by atoms with Crippen LogP contribution in [0.2, 0.25) is 0 Å². The molecule has 3 rings (SSSR count). The van der Waals surface area contributed by atoms with Gasteiger partial charge in [0.2, 0.25) is 0 Å². The van der Waals surface area contributed by atoms with Crippen LogP contribution in [0, 0.1) is 0 Å². The highest BCUT2D eigenvalue weighted by atomic mass is 16.6. The average Bonchev–Trinajstić information content (AvgIpc) is 3.10. The first-order valence-corrected chi connectivity index (χ1v) is 6.80. The third kappa shape index (κ3) is 2.15. The maximum Gasteiger partial charge on any atom is 0.251 e. The van der Waals surface area contributed by atoms with E-state index in [0.717, 1.165) is 38.8 Å². The van der Waals surface area contributed by atoms with E-state index in [2.05, 4.69) is 0 Å². The first-order valence-electron chi connectivity index (χ1n) is 6.80. The molecule has 1 amide bonds. The first kappa shape index (κ1) is 12.4. The lowest BCUT2D eigenvalue weighted by Gasteiger charge is -2.24. The number of hydrogen-bond acceptors (Lipinski definition) is 4. The Morgan fingerprint density at radius 3 is 3.06 bits per heavy atom. The quantitative estimate of drug-likeness (QED) is 0.724. The second kappa shape index (κ2) is 4.79. The van der Waals surface area contributed by atoms with Crippen LogP contribution in [0.15, 0.2) is 0 Å². The van der Waals surface area contributed by atoms with E-state index >= 15 is 0 Å². The van der Waals surface area contributed by atoms with Gasteiger partial charge in [-0.2, -0.15) is 0 Å². The summed E-state index contributed by atoms with van der Waals surface area (Å²) < 4.78 is 16.7. The number of nitrogens with zero attached hydrogens (tertiary/aromatic N) is 1. The predicted octanol–water partition coefficient (Wildman–Crippen LogP) is 0.572. The number of rotatable bonds is 2. The average molecular weight is 255 g/mol. The zero-order chi connectivity index (χ0) is 12.6. The molecule has 0 bridgehead atoms. The number of carbonyl (C=O) groups excluding carboxylic acids is 1. The monoisotopic (exact) mass is 255 g/mol. The summed E-state index contributed by atoms with van der Waals surface area (Å²) in [4.78, 5) is 14.2. The summed E-state index contributed by atoms with van der Waals surface area (Å²) in [7, 11) is 1.72. The van der Waals surface area contributed by atoms with Crippen LogP contribution in [-0.4, -0.2) is 62.0 Å². The second-order valence-electron chi connectivity index (χ2n) is 5.57. The Labute approximate surface area is 107 Å². The third-order valence-electron chi connectivity index (χ3n) is 4.34. The van der Waals surface area contributed by atoms with Gasteiger partial charge in [0.1, 0.15) is 6.10 Å². The SMILES string of the molecule is CO[C@@H]1CO[C@@]2(CCN(C(=O)[C@H]3CCCO3)C2)C1. The van der Waals surface area contributed by atoms with Crippen molar-refractivity contribution < 1.29 is 19.0 Å². The maximum absolute atomic E-state index is 12.3. The molecule has 0 aromatic rings. The number of amides is 1. The largest absolute Gasteiger partial charge is 0.379 e. The van der Waals surface area contributed by atoms with Gasteiger partial charge in [0.05, 0.1) is 18.3 Å². The zero-order valence-corrected chi connectivity index (χ0v) is 10.9.